The first kappa shape index (κ1) is 25.0. The molecular weight excluding hydrogens is 412 g/mol. The maximum atomic E-state index is 13.0. The number of amides is 1. The number of aryl methyl sites for hydroxylation is 1. The Bertz CT molecular complexity index is 917. The zero-order valence-corrected chi connectivity index (χ0v) is 20.5. The van der Waals surface area contributed by atoms with Crippen LogP contribution in [-0.4, -0.2) is 38.0 Å². The van der Waals surface area contributed by atoms with E-state index >= 15 is 0 Å². The number of aldehydes is 1. The van der Waals surface area contributed by atoms with Crippen molar-refractivity contribution in [3.63, 3.8) is 0 Å². The molecule has 1 heterocycles. The number of hydrogen-bond acceptors (Lipinski definition) is 4. The van der Waals surface area contributed by atoms with Gasteiger partial charge < -0.3 is 19.7 Å². The van der Waals surface area contributed by atoms with Gasteiger partial charge in [-0.1, -0.05) is 56.7 Å². The number of nitrogens with zero attached hydrogens (tertiary/aromatic N) is 1. The number of rotatable bonds is 10. The summed E-state index contributed by atoms with van der Waals surface area (Å²) < 4.78 is 5.61. The molecule has 0 radical (unpaired) electrons. The minimum Gasteiger partial charge on any atom is -0.381 e. The molecule has 2 aromatic carbocycles. The Hall–Kier alpha value is -2.66. The van der Waals surface area contributed by atoms with Crippen molar-refractivity contribution >= 4 is 23.6 Å². The third-order valence-electron chi connectivity index (χ3n) is 6.30. The molecule has 0 spiro atoms. The zero-order chi connectivity index (χ0) is 23.8. The predicted octanol–water partition coefficient (Wildman–Crippen LogP) is 5.51. The van der Waals surface area contributed by atoms with Crippen molar-refractivity contribution in [1.29, 1.82) is 0 Å². The number of ether oxygens (including phenoxy) is 1. The van der Waals surface area contributed by atoms with Gasteiger partial charge in [-0.05, 0) is 54.9 Å². The van der Waals surface area contributed by atoms with Gasteiger partial charge in [-0.2, -0.15) is 0 Å². The summed E-state index contributed by atoms with van der Waals surface area (Å²) in [7, 11) is 0. The Kier molecular flexibility index (Phi) is 9.07. The molecule has 33 heavy (non-hydrogen) atoms. The van der Waals surface area contributed by atoms with E-state index in [4.69, 9.17) is 4.74 Å². The van der Waals surface area contributed by atoms with Gasteiger partial charge in [0.15, 0.2) is 0 Å². The van der Waals surface area contributed by atoms with Crippen LogP contribution in [0.25, 0.3) is 0 Å². The third kappa shape index (κ3) is 7.16. The molecule has 1 unspecified atom stereocenters. The van der Waals surface area contributed by atoms with Crippen molar-refractivity contribution in [2.75, 3.05) is 30.0 Å². The number of carbonyl (C=O) groups is 2. The monoisotopic (exact) mass is 450 g/mol. The molecule has 1 aliphatic rings. The van der Waals surface area contributed by atoms with Gasteiger partial charge in [0, 0.05) is 32.2 Å². The molecule has 1 fully saturated rings. The van der Waals surface area contributed by atoms with Crippen LogP contribution in [0.4, 0.5) is 11.4 Å². The van der Waals surface area contributed by atoms with Crippen LogP contribution in [0.3, 0.4) is 0 Å². The van der Waals surface area contributed by atoms with Crippen LogP contribution in [0.2, 0.25) is 0 Å². The Morgan fingerprint density at radius 3 is 2.45 bits per heavy atom. The lowest BCUT2D eigenvalue weighted by Gasteiger charge is -2.38. The topological polar surface area (TPSA) is 58.6 Å². The second-order valence-electron chi connectivity index (χ2n) is 9.68. The minimum absolute atomic E-state index is 0.0308. The first-order chi connectivity index (χ1) is 15.9. The summed E-state index contributed by atoms with van der Waals surface area (Å²) in [6.45, 7) is 11.0. The standard InChI is InChI=1S/C28H38N2O3/c1-20(2)19-30(25-12-15-33-16-13-25)27-10-9-24(22(4)11-14-31)18-26(27)29-28(32)17-23-7-5-21(3)6-8-23/h5-10,14,18,20,22,25H,11-13,15-17,19H2,1-4H3,(H,29,32). The van der Waals surface area contributed by atoms with Crippen molar-refractivity contribution < 1.29 is 14.3 Å². The highest BCUT2D eigenvalue weighted by Gasteiger charge is 2.25. The molecule has 3 rings (SSSR count). The van der Waals surface area contributed by atoms with Crippen LogP contribution < -0.4 is 10.2 Å². The van der Waals surface area contributed by atoms with E-state index in [-0.39, 0.29) is 11.8 Å². The summed E-state index contributed by atoms with van der Waals surface area (Å²) in [6, 6.07) is 14.7. The molecule has 1 aliphatic heterocycles. The summed E-state index contributed by atoms with van der Waals surface area (Å²) in [5.41, 5.74) is 5.12. The van der Waals surface area contributed by atoms with Gasteiger partial charge in [0.05, 0.1) is 17.8 Å². The molecule has 1 atom stereocenters. The number of nitrogens with one attached hydrogen (secondary N) is 1. The second-order valence-corrected chi connectivity index (χ2v) is 9.68. The average molecular weight is 451 g/mol. The SMILES string of the molecule is Cc1ccc(CC(=O)Nc2cc(C(C)CC=O)ccc2N(CC(C)C)C2CCOCC2)cc1. The first-order valence-electron chi connectivity index (χ1n) is 12.1. The van der Waals surface area contributed by atoms with Crippen LogP contribution in [0.1, 0.15) is 62.6 Å². The Balaban J connectivity index is 1.92. The van der Waals surface area contributed by atoms with E-state index in [0.717, 1.165) is 61.4 Å². The van der Waals surface area contributed by atoms with Crippen LogP contribution in [0.5, 0.6) is 0 Å². The van der Waals surface area contributed by atoms with E-state index in [2.05, 4.69) is 42.3 Å². The number of benzene rings is 2. The summed E-state index contributed by atoms with van der Waals surface area (Å²) >= 11 is 0. The lowest BCUT2D eigenvalue weighted by molar-refractivity contribution is -0.115. The predicted molar refractivity (Wildman–Crippen MR) is 135 cm³/mol. The fourth-order valence-corrected chi connectivity index (χ4v) is 4.41. The summed E-state index contributed by atoms with van der Waals surface area (Å²) in [4.78, 5) is 26.6. The van der Waals surface area contributed by atoms with Gasteiger partial charge in [-0.3, -0.25) is 4.79 Å². The highest BCUT2D eigenvalue weighted by Crippen LogP contribution is 2.34. The van der Waals surface area contributed by atoms with E-state index in [1.54, 1.807) is 0 Å². The minimum atomic E-state index is -0.0308. The van der Waals surface area contributed by atoms with Crippen LogP contribution in [0, 0.1) is 12.8 Å². The van der Waals surface area contributed by atoms with Gasteiger partial charge in [0.2, 0.25) is 5.91 Å². The lowest BCUT2D eigenvalue weighted by Crippen LogP contribution is -2.42. The van der Waals surface area contributed by atoms with Crippen molar-refractivity contribution in [3.05, 3.63) is 59.2 Å². The molecule has 2 aromatic rings. The number of carbonyl (C=O) groups excluding carboxylic acids is 2. The van der Waals surface area contributed by atoms with Gasteiger partial charge in [-0.25, -0.2) is 0 Å². The van der Waals surface area contributed by atoms with E-state index in [1.165, 1.54) is 5.56 Å². The number of hydrogen-bond donors (Lipinski definition) is 1. The third-order valence-corrected chi connectivity index (χ3v) is 6.30. The molecule has 0 aromatic heterocycles. The number of anilines is 2. The molecule has 1 N–H and O–H groups in total. The van der Waals surface area contributed by atoms with Gasteiger partial charge in [0.25, 0.3) is 0 Å². The fraction of sp³-hybridized carbons (Fsp3) is 0.500. The molecule has 0 aliphatic carbocycles. The largest absolute Gasteiger partial charge is 0.381 e. The molecule has 5 nitrogen and oxygen atoms in total. The summed E-state index contributed by atoms with van der Waals surface area (Å²) in [5.74, 6) is 0.556. The molecule has 178 valence electrons. The molecule has 1 amide bonds. The van der Waals surface area contributed by atoms with E-state index < -0.39 is 0 Å². The molecule has 0 bridgehead atoms. The maximum absolute atomic E-state index is 13.0. The maximum Gasteiger partial charge on any atom is 0.228 e. The molecule has 5 heteroatoms. The van der Waals surface area contributed by atoms with E-state index in [1.807, 2.05) is 38.1 Å². The molecule has 0 saturated carbocycles. The average Bonchev–Trinajstić information content (AvgIpc) is 2.80. The van der Waals surface area contributed by atoms with Gasteiger partial charge in [-0.15, -0.1) is 0 Å². The highest BCUT2D eigenvalue weighted by atomic mass is 16.5. The van der Waals surface area contributed by atoms with E-state index in [0.29, 0.717) is 24.8 Å². The molecular formula is C28H38N2O3. The van der Waals surface area contributed by atoms with Gasteiger partial charge in [0.1, 0.15) is 6.29 Å². The second kappa shape index (κ2) is 12.0. The Morgan fingerprint density at radius 2 is 1.82 bits per heavy atom. The van der Waals surface area contributed by atoms with Crippen LogP contribution in [-0.2, 0) is 20.7 Å². The van der Waals surface area contributed by atoms with Crippen LogP contribution in [0.15, 0.2) is 42.5 Å². The molecule has 1 saturated heterocycles. The Morgan fingerprint density at radius 1 is 1.12 bits per heavy atom. The van der Waals surface area contributed by atoms with Crippen molar-refractivity contribution in [2.24, 2.45) is 5.92 Å². The fourth-order valence-electron chi connectivity index (χ4n) is 4.41. The highest BCUT2D eigenvalue weighted by molar-refractivity contribution is 5.96. The quantitative estimate of drug-likeness (QED) is 0.485. The Labute approximate surface area is 198 Å². The van der Waals surface area contributed by atoms with Crippen LogP contribution >= 0.6 is 0 Å². The summed E-state index contributed by atoms with van der Waals surface area (Å²) in [6.07, 6.45) is 3.71. The zero-order valence-electron chi connectivity index (χ0n) is 20.5. The van der Waals surface area contributed by atoms with Crippen molar-refractivity contribution in [3.8, 4) is 0 Å². The van der Waals surface area contributed by atoms with Gasteiger partial charge >= 0.3 is 0 Å². The first-order valence-corrected chi connectivity index (χ1v) is 12.1. The lowest BCUT2D eigenvalue weighted by atomic mass is 9.96. The summed E-state index contributed by atoms with van der Waals surface area (Å²) in [5, 5.41) is 3.20. The normalized spacial score (nSPS) is 15.3. The van der Waals surface area contributed by atoms with Crippen molar-refractivity contribution in [2.45, 2.75) is 65.3 Å². The smallest absolute Gasteiger partial charge is 0.228 e. The van der Waals surface area contributed by atoms with E-state index in [9.17, 15) is 9.59 Å². The van der Waals surface area contributed by atoms with Crippen molar-refractivity contribution in [1.82, 2.24) is 0 Å².